The van der Waals surface area contributed by atoms with Crippen molar-refractivity contribution in [1.82, 2.24) is 10.2 Å². The van der Waals surface area contributed by atoms with Crippen LogP contribution in [0.5, 0.6) is 0 Å². The summed E-state index contributed by atoms with van der Waals surface area (Å²) in [5.41, 5.74) is 1.78. The SMILES string of the molecule is Cl.Cl.N#CC[C@H](c1ccc(C#N)cc1)N1CCNCC1. The zero-order valence-corrected chi connectivity index (χ0v) is 12.7. The molecule has 1 atom stereocenters. The van der Waals surface area contributed by atoms with Crippen molar-refractivity contribution in [3.8, 4) is 12.1 Å². The maximum absolute atomic E-state index is 8.98. The first-order chi connectivity index (χ1) is 8.85. The highest BCUT2D eigenvalue weighted by atomic mass is 35.5. The van der Waals surface area contributed by atoms with Gasteiger partial charge in [-0.3, -0.25) is 4.90 Å². The molecule has 108 valence electrons. The molecule has 1 aromatic rings. The van der Waals surface area contributed by atoms with E-state index in [2.05, 4.69) is 22.4 Å². The smallest absolute Gasteiger partial charge is 0.0991 e. The third kappa shape index (κ3) is 4.67. The van der Waals surface area contributed by atoms with Crippen LogP contribution in [-0.4, -0.2) is 31.1 Å². The largest absolute Gasteiger partial charge is 0.314 e. The monoisotopic (exact) mass is 312 g/mol. The second-order valence-electron chi connectivity index (χ2n) is 4.40. The van der Waals surface area contributed by atoms with Crippen molar-refractivity contribution >= 4 is 24.8 Å². The third-order valence-corrected chi connectivity index (χ3v) is 3.30. The molecule has 0 unspecified atom stereocenters. The molecule has 1 aromatic carbocycles. The molecule has 1 N–H and O–H groups in total. The van der Waals surface area contributed by atoms with Crippen molar-refractivity contribution in [3.63, 3.8) is 0 Å². The molecule has 6 heteroatoms. The molecule has 0 aliphatic carbocycles. The molecule has 1 heterocycles. The summed E-state index contributed by atoms with van der Waals surface area (Å²) in [6.45, 7) is 3.87. The second-order valence-corrected chi connectivity index (χ2v) is 4.40. The Morgan fingerprint density at radius 1 is 1.10 bits per heavy atom. The first-order valence-corrected chi connectivity index (χ1v) is 6.17. The van der Waals surface area contributed by atoms with Crippen molar-refractivity contribution in [2.45, 2.75) is 12.5 Å². The number of hydrogen-bond acceptors (Lipinski definition) is 4. The van der Waals surface area contributed by atoms with Gasteiger partial charge < -0.3 is 5.32 Å². The van der Waals surface area contributed by atoms with Crippen molar-refractivity contribution in [1.29, 1.82) is 10.5 Å². The van der Waals surface area contributed by atoms with E-state index in [0.29, 0.717) is 12.0 Å². The van der Waals surface area contributed by atoms with Crippen LogP contribution < -0.4 is 5.32 Å². The summed E-state index contributed by atoms with van der Waals surface area (Å²) in [5.74, 6) is 0. The van der Waals surface area contributed by atoms with Crippen LogP contribution in [0.1, 0.15) is 23.6 Å². The quantitative estimate of drug-likeness (QED) is 0.930. The molecule has 1 fully saturated rings. The summed E-state index contributed by atoms with van der Waals surface area (Å²) in [6, 6.07) is 12.1. The van der Waals surface area contributed by atoms with Gasteiger partial charge in [-0.25, -0.2) is 0 Å². The molecule has 1 saturated heterocycles. The number of nitriles is 2. The van der Waals surface area contributed by atoms with Gasteiger partial charge in [0.25, 0.3) is 0 Å². The summed E-state index contributed by atoms with van der Waals surface area (Å²) in [4.78, 5) is 2.33. The maximum atomic E-state index is 8.98. The summed E-state index contributed by atoms with van der Waals surface area (Å²) in [5, 5.41) is 21.1. The van der Waals surface area contributed by atoms with Gasteiger partial charge in [0.1, 0.15) is 0 Å². The van der Waals surface area contributed by atoms with Crippen LogP contribution in [0.2, 0.25) is 0 Å². The van der Waals surface area contributed by atoms with Crippen molar-refractivity contribution < 1.29 is 0 Å². The van der Waals surface area contributed by atoms with Crippen LogP contribution in [0.25, 0.3) is 0 Å². The van der Waals surface area contributed by atoms with Crippen LogP contribution in [0.3, 0.4) is 0 Å². The van der Waals surface area contributed by atoms with Crippen LogP contribution in [0.4, 0.5) is 0 Å². The highest BCUT2D eigenvalue weighted by Gasteiger charge is 2.21. The summed E-state index contributed by atoms with van der Waals surface area (Å²) >= 11 is 0. The number of nitrogens with one attached hydrogen (secondary N) is 1. The predicted octanol–water partition coefficient (Wildman–Crippen LogP) is 2.26. The van der Waals surface area contributed by atoms with Gasteiger partial charge in [0.05, 0.1) is 24.1 Å². The van der Waals surface area contributed by atoms with Crippen molar-refractivity contribution in [2.75, 3.05) is 26.2 Å². The van der Waals surface area contributed by atoms with E-state index in [1.165, 1.54) is 0 Å². The van der Waals surface area contributed by atoms with Gasteiger partial charge in [0.2, 0.25) is 0 Å². The highest BCUT2D eigenvalue weighted by Crippen LogP contribution is 2.24. The highest BCUT2D eigenvalue weighted by molar-refractivity contribution is 5.85. The fourth-order valence-corrected chi connectivity index (χ4v) is 2.32. The minimum atomic E-state index is 0. The van der Waals surface area contributed by atoms with E-state index >= 15 is 0 Å². The Labute approximate surface area is 132 Å². The molecule has 1 aliphatic heterocycles. The summed E-state index contributed by atoms with van der Waals surface area (Å²) < 4.78 is 0. The number of hydrogen-bond donors (Lipinski definition) is 1. The molecule has 0 bridgehead atoms. The van der Waals surface area contributed by atoms with E-state index in [9.17, 15) is 0 Å². The topological polar surface area (TPSA) is 62.9 Å². The first kappa shape index (κ1) is 18.7. The molecule has 0 aromatic heterocycles. The lowest BCUT2D eigenvalue weighted by atomic mass is 10.0. The van der Waals surface area contributed by atoms with Gasteiger partial charge in [0, 0.05) is 32.2 Å². The lowest BCUT2D eigenvalue weighted by Crippen LogP contribution is -2.45. The van der Waals surface area contributed by atoms with Crippen molar-refractivity contribution in [3.05, 3.63) is 35.4 Å². The minimum Gasteiger partial charge on any atom is -0.314 e. The number of rotatable bonds is 3. The molecule has 1 aliphatic rings. The Hall–Kier alpha value is -1.30. The molecule has 0 spiro atoms. The first-order valence-electron chi connectivity index (χ1n) is 6.17. The van der Waals surface area contributed by atoms with E-state index in [1.54, 1.807) is 0 Å². The Kier molecular flexibility index (Phi) is 8.96. The van der Waals surface area contributed by atoms with Crippen molar-refractivity contribution in [2.24, 2.45) is 0 Å². The van der Waals surface area contributed by atoms with Gasteiger partial charge >= 0.3 is 0 Å². The van der Waals surface area contributed by atoms with Gasteiger partial charge in [0.15, 0.2) is 0 Å². The predicted molar refractivity (Wildman–Crippen MR) is 83.1 cm³/mol. The van der Waals surface area contributed by atoms with Crippen LogP contribution >= 0.6 is 24.8 Å². The third-order valence-electron chi connectivity index (χ3n) is 3.30. The molecular weight excluding hydrogens is 295 g/mol. The molecule has 2 rings (SSSR count). The van der Waals surface area contributed by atoms with Crippen LogP contribution in [0, 0.1) is 22.7 Å². The maximum Gasteiger partial charge on any atom is 0.0991 e. The fraction of sp³-hybridized carbons (Fsp3) is 0.429. The minimum absolute atomic E-state index is 0. The molecule has 20 heavy (non-hydrogen) atoms. The average Bonchev–Trinajstić information content (AvgIpc) is 2.46. The second kappa shape index (κ2) is 9.58. The molecule has 0 saturated carbocycles. The standard InChI is InChI=1S/C14H16N4.2ClH/c15-6-5-14(18-9-7-17-8-10-18)13-3-1-12(11-16)2-4-13;;/h1-4,14,17H,5,7-10H2;2*1H/t14-;;/m1../s1. The Morgan fingerprint density at radius 2 is 1.70 bits per heavy atom. The molecular formula is C14H18Cl2N4. The van der Waals surface area contributed by atoms with Crippen LogP contribution in [0.15, 0.2) is 24.3 Å². The molecule has 0 radical (unpaired) electrons. The van der Waals surface area contributed by atoms with E-state index in [0.717, 1.165) is 31.7 Å². The van der Waals surface area contributed by atoms with Gasteiger partial charge in [-0.1, -0.05) is 12.1 Å². The van der Waals surface area contributed by atoms with Gasteiger partial charge in [-0.15, -0.1) is 24.8 Å². The number of nitrogens with zero attached hydrogens (tertiary/aromatic N) is 3. The Morgan fingerprint density at radius 3 is 2.20 bits per heavy atom. The molecule has 4 nitrogen and oxygen atoms in total. The Balaban J connectivity index is 0.00000180. The zero-order valence-electron chi connectivity index (χ0n) is 11.1. The van der Waals surface area contributed by atoms with E-state index in [1.807, 2.05) is 24.3 Å². The van der Waals surface area contributed by atoms with E-state index in [4.69, 9.17) is 10.5 Å². The number of piperazine rings is 1. The summed E-state index contributed by atoms with van der Waals surface area (Å²) in [7, 11) is 0. The lowest BCUT2D eigenvalue weighted by Gasteiger charge is -2.34. The molecule has 0 amide bonds. The number of halogens is 2. The van der Waals surface area contributed by atoms with E-state index in [-0.39, 0.29) is 30.9 Å². The average molecular weight is 313 g/mol. The zero-order chi connectivity index (χ0) is 12.8. The fourth-order valence-electron chi connectivity index (χ4n) is 2.32. The van der Waals surface area contributed by atoms with Crippen LogP contribution in [-0.2, 0) is 0 Å². The van der Waals surface area contributed by atoms with Gasteiger partial charge in [-0.2, -0.15) is 10.5 Å². The normalized spacial score (nSPS) is 15.9. The number of benzene rings is 1. The lowest BCUT2D eigenvalue weighted by molar-refractivity contribution is 0.175. The Bertz CT molecular complexity index is 469. The van der Waals surface area contributed by atoms with Gasteiger partial charge in [-0.05, 0) is 17.7 Å². The summed E-state index contributed by atoms with van der Waals surface area (Å²) in [6.07, 6.45) is 0.492. The van der Waals surface area contributed by atoms with E-state index < -0.39 is 0 Å².